The van der Waals surface area contributed by atoms with E-state index in [1.165, 1.54) is 0 Å². The molecule has 0 radical (unpaired) electrons. The van der Waals surface area contributed by atoms with Gasteiger partial charge in [-0.25, -0.2) is 0 Å². The maximum Gasteiger partial charge on any atom is 0.245 e. The number of pyridine rings is 1. The summed E-state index contributed by atoms with van der Waals surface area (Å²) in [4.78, 5) is 65.9. The molecule has 1 aliphatic heterocycles. The van der Waals surface area contributed by atoms with Crippen molar-refractivity contribution in [3.63, 3.8) is 0 Å². The molecule has 324 valence electrons. The smallest absolute Gasteiger partial charge is 0.245 e. The Kier molecular flexibility index (Phi) is 19.2. The molecule has 0 bridgehead atoms. The number of carbonyl (C=O) groups is 4. The number of aliphatic hydroxyl groups is 1. The lowest BCUT2D eigenvalue weighted by Crippen LogP contribution is -2.60. The van der Waals surface area contributed by atoms with Crippen LogP contribution in [0.25, 0.3) is 0 Å². The van der Waals surface area contributed by atoms with Crippen LogP contribution in [0.3, 0.4) is 0 Å². The fourth-order valence-corrected chi connectivity index (χ4v) is 8.54. The summed E-state index contributed by atoms with van der Waals surface area (Å²) in [5, 5.41) is 16.9. The third-order valence-electron chi connectivity index (χ3n) is 12.0. The van der Waals surface area contributed by atoms with Gasteiger partial charge >= 0.3 is 0 Å². The number of ether oxygens (including phenoxy) is 2. The molecule has 0 saturated carbocycles. The summed E-state index contributed by atoms with van der Waals surface area (Å²) < 4.78 is 12.0. The Morgan fingerprint density at radius 2 is 1.53 bits per heavy atom. The van der Waals surface area contributed by atoms with Crippen LogP contribution in [0.5, 0.6) is 0 Å². The molecule has 2 heterocycles. The SMILES string of the molecule is CC[C@H](C)[C@@H]([C@@H](CC(=O)N1CCC[C@H]1[C@H](OC)[C@@H](C)C(=O)N[C@H](C)[C@@H](O)c1ccccc1)OC)N(C)C(=O)C(NC(=O)[C@H](C(C)C)N(C)Cc1ccncc1)C(C)C. The molecule has 2 aromatic rings. The molecule has 0 aliphatic carbocycles. The molecule has 10 atom stereocenters. The second kappa shape index (κ2) is 23.0. The Bertz CT molecular complexity index is 1580. The predicted molar refractivity (Wildman–Crippen MR) is 226 cm³/mol. The van der Waals surface area contributed by atoms with E-state index in [0.29, 0.717) is 25.1 Å². The average molecular weight is 809 g/mol. The van der Waals surface area contributed by atoms with Gasteiger partial charge in [0.15, 0.2) is 0 Å². The number of hydrogen-bond acceptors (Lipinski definition) is 9. The molecule has 1 aromatic heterocycles. The Morgan fingerprint density at radius 3 is 2.09 bits per heavy atom. The lowest BCUT2D eigenvalue weighted by molar-refractivity contribution is -0.148. The van der Waals surface area contributed by atoms with Crippen molar-refractivity contribution in [1.82, 2.24) is 30.3 Å². The lowest BCUT2D eigenvalue weighted by atomic mass is 9.89. The van der Waals surface area contributed by atoms with Gasteiger partial charge in [0.2, 0.25) is 23.6 Å². The van der Waals surface area contributed by atoms with E-state index in [1.807, 2.05) is 96.0 Å². The van der Waals surface area contributed by atoms with Crippen LogP contribution in [-0.4, -0.2) is 126 Å². The summed E-state index contributed by atoms with van der Waals surface area (Å²) in [5.74, 6) is -1.76. The number of likely N-dealkylation sites (tertiary alicyclic amines) is 1. The standard InChI is InChI=1S/C45H72N6O7/c1-13-30(6)40(50(10)45(56)38(28(2)3)48-44(55)39(29(4)5)49(9)27-33-21-23-46-24-22-33)36(57-11)26-37(52)51-25-17-20-35(51)42(58-12)31(7)43(54)47-32(8)41(53)34-18-15-14-16-19-34/h14-16,18-19,21-24,28-32,35-36,38-42,53H,13,17,20,25-27H2,1-12H3,(H,47,54)(H,48,55)/t30-,31+,32+,35-,36+,38?,39-,40-,41+,42+/m0/s1. The number of aliphatic hydroxyl groups excluding tert-OH is 1. The van der Waals surface area contributed by atoms with Crippen molar-refractivity contribution in [3.05, 3.63) is 66.0 Å². The Balaban J connectivity index is 1.76. The number of benzene rings is 1. The number of nitrogens with one attached hydrogen (secondary N) is 2. The van der Waals surface area contributed by atoms with Gasteiger partial charge < -0.3 is 35.0 Å². The summed E-state index contributed by atoms with van der Waals surface area (Å²) in [6, 6.07) is 10.4. The Morgan fingerprint density at radius 1 is 0.897 bits per heavy atom. The van der Waals surface area contributed by atoms with Crippen LogP contribution in [0.15, 0.2) is 54.9 Å². The maximum atomic E-state index is 14.5. The number of rotatable bonds is 22. The topological polar surface area (TPSA) is 154 Å². The number of amides is 4. The van der Waals surface area contributed by atoms with Crippen LogP contribution in [0, 0.1) is 23.7 Å². The summed E-state index contributed by atoms with van der Waals surface area (Å²) in [5.41, 5.74) is 1.74. The third-order valence-corrected chi connectivity index (χ3v) is 12.0. The quantitative estimate of drug-likeness (QED) is 0.152. The number of methoxy groups -OCH3 is 2. The van der Waals surface area contributed by atoms with Gasteiger partial charge in [0.1, 0.15) is 6.04 Å². The molecular weight excluding hydrogens is 737 g/mol. The fourth-order valence-electron chi connectivity index (χ4n) is 8.54. The highest BCUT2D eigenvalue weighted by molar-refractivity contribution is 5.90. The van der Waals surface area contributed by atoms with Crippen molar-refractivity contribution in [2.24, 2.45) is 23.7 Å². The zero-order valence-corrected chi connectivity index (χ0v) is 37.1. The largest absolute Gasteiger partial charge is 0.386 e. The van der Waals surface area contributed by atoms with Crippen molar-refractivity contribution in [3.8, 4) is 0 Å². The number of nitrogens with zero attached hydrogens (tertiary/aromatic N) is 4. The monoisotopic (exact) mass is 809 g/mol. The van der Waals surface area contributed by atoms with E-state index in [9.17, 15) is 24.3 Å². The molecule has 1 fully saturated rings. The number of aromatic nitrogens is 1. The highest BCUT2D eigenvalue weighted by Gasteiger charge is 2.43. The normalized spacial score (nSPS) is 19.2. The molecule has 0 spiro atoms. The van der Waals surface area contributed by atoms with Crippen LogP contribution >= 0.6 is 0 Å². The van der Waals surface area contributed by atoms with E-state index < -0.39 is 48.4 Å². The van der Waals surface area contributed by atoms with E-state index in [0.717, 1.165) is 18.4 Å². The van der Waals surface area contributed by atoms with Gasteiger partial charge in [-0.3, -0.25) is 29.1 Å². The van der Waals surface area contributed by atoms with Gasteiger partial charge in [0.05, 0.1) is 54.8 Å². The highest BCUT2D eigenvalue weighted by atomic mass is 16.5. The van der Waals surface area contributed by atoms with Gasteiger partial charge in [-0.2, -0.15) is 0 Å². The molecule has 13 heteroatoms. The summed E-state index contributed by atoms with van der Waals surface area (Å²) >= 11 is 0. The molecular formula is C45H72N6O7. The number of likely N-dealkylation sites (N-methyl/N-ethyl adjacent to an activating group) is 2. The maximum absolute atomic E-state index is 14.5. The second-order valence-corrected chi connectivity index (χ2v) is 16.9. The van der Waals surface area contributed by atoms with Crippen molar-refractivity contribution >= 4 is 23.6 Å². The third kappa shape index (κ3) is 12.5. The average Bonchev–Trinajstić information content (AvgIpc) is 3.69. The minimum absolute atomic E-state index is 0.0187. The van der Waals surface area contributed by atoms with Crippen LogP contribution < -0.4 is 10.6 Å². The van der Waals surface area contributed by atoms with E-state index in [-0.39, 0.29) is 53.8 Å². The molecule has 1 aliphatic rings. The first-order valence-electron chi connectivity index (χ1n) is 21.0. The van der Waals surface area contributed by atoms with Crippen LogP contribution in [0.4, 0.5) is 0 Å². The van der Waals surface area contributed by atoms with Gasteiger partial charge in [-0.1, -0.05) is 85.2 Å². The first-order chi connectivity index (χ1) is 27.5. The number of carbonyl (C=O) groups excluding carboxylic acids is 4. The fraction of sp³-hybridized carbons (Fsp3) is 0.667. The molecule has 1 aromatic carbocycles. The molecule has 1 saturated heterocycles. The van der Waals surface area contributed by atoms with Crippen molar-refractivity contribution in [2.45, 2.75) is 136 Å². The van der Waals surface area contributed by atoms with Crippen LogP contribution in [0.1, 0.15) is 98.3 Å². The van der Waals surface area contributed by atoms with E-state index in [2.05, 4.69) is 15.6 Å². The van der Waals surface area contributed by atoms with Gasteiger partial charge in [0.25, 0.3) is 0 Å². The first kappa shape index (κ1) is 48.5. The highest BCUT2D eigenvalue weighted by Crippen LogP contribution is 2.30. The molecule has 13 nitrogen and oxygen atoms in total. The zero-order chi connectivity index (χ0) is 43.3. The summed E-state index contributed by atoms with van der Waals surface area (Å²) in [7, 11) is 6.77. The predicted octanol–water partition coefficient (Wildman–Crippen LogP) is 4.84. The van der Waals surface area contributed by atoms with Gasteiger partial charge in [-0.15, -0.1) is 0 Å². The number of hydrogen-bond donors (Lipinski definition) is 3. The molecule has 3 rings (SSSR count). The summed E-state index contributed by atoms with van der Waals surface area (Å²) in [6.07, 6.45) is 3.52. The van der Waals surface area contributed by atoms with E-state index >= 15 is 0 Å². The Hall–Kier alpha value is -3.91. The second-order valence-electron chi connectivity index (χ2n) is 16.9. The van der Waals surface area contributed by atoms with Crippen molar-refractivity contribution < 1.29 is 33.8 Å². The van der Waals surface area contributed by atoms with Gasteiger partial charge in [0, 0.05) is 46.8 Å². The minimum atomic E-state index is -0.883. The van der Waals surface area contributed by atoms with Crippen molar-refractivity contribution in [2.75, 3.05) is 34.9 Å². The van der Waals surface area contributed by atoms with Crippen molar-refractivity contribution in [1.29, 1.82) is 0 Å². The minimum Gasteiger partial charge on any atom is -0.386 e. The van der Waals surface area contributed by atoms with Crippen LogP contribution in [0.2, 0.25) is 0 Å². The summed E-state index contributed by atoms with van der Waals surface area (Å²) in [6.45, 7) is 16.5. The molecule has 58 heavy (non-hydrogen) atoms. The molecule has 3 N–H and O–H groups in total. The lowest BCUT2D eigenvalue weighted by Gasteiger charge is -2.41. The van der Waals surface area contributed by atoms with E-state index in [1.54, 1.807) is 57.3 Å². The van der Waals surface area contributed by atoms with Gasteiger partial charge in [-0.05, 0) is 67.8 Å². The molecule has 1 unspecified atom stereocenters. The zero-order valence-electron chi connectivity index (χ0n) is 37.1. The Labute approximate surface area is 347 Å². The van der Waals surface area contributed by atoms with Crippen LogP contribution in [-0.2, 0) is 35.2 Å². The first-order valence-corrected chi connectivity index (χ1v) is 21.0. The molecule has 4 amide bonds. The van der Waals surface area contributed by atoms with E-state index in [4.69, 9.17) is 9.47 Å².